The summed E-state index contributed by atoms with van der Waals surface area (Å²) in [5.41, 5.74) is 11.8. The Bertz CT molecular complexity index is 341. The van der Waals surface area contributed by atoms with E-state index in [2.05, 4.69) is 5.32 Å². The number of nitrogen functional groups attached to an aromatic ring is 1. The first kappa shape index (κ1) is 10.3. The van der Waals surface area contributed by atoms with Gasteiger partial charge in [0.05, 0.1) is 5.56 Å². The summed E-state index contributed by atoms with van der Waals surface area (Å²) in [6.07, 6.45) is 0. The van der Waals surface area contributed by atoms with Gasteiger partial charge in [0.25, 0.3) is 5.91 Å². The maximum absolute atomic E-state index is 11.9. The molecule has 0 saturated heterocycles. The Morgan fingerprint density at radius 1 is 1.50 bits per heavy atom. The number of hydrogen-bond acceptors (Lipinski definition) is 3. The molecule has 0 heterocycles. The minimum Gasteiger partial charge on any atom is -0.399 e. The number of primary amides is 1. The average Bonchev–Trinajstić information content (AvgIpc) is 2.15. The topological polar surface area (TPSA) is 81.1 Å². The molecule has 1 aromatic rings. The Balaban J connectivity index is 2.96. The van der Waals surface area contributed by atoms with Gasteiger partial charge in [-0.05, 0) is 18.2 Å². The van der Waals surface area contributed by atoms with Crippen molar-refractivity contribution >= 4 is 17.3 Å². The van der Waals surface area contributed by atoms with Gasteiger partial charge in [-0.2, -0.15) is 0 Å². The third-order valence-corrected chi connectivity index (χ3v) is 1.72. The molecule has 76 valence electrons. The van der Waals surface area contributed by atoms with Gasteiger partial charge in [-0.25, -0.2) is 4.39 Å². The largest absolute Gasteiger partial charge is 0.399 e. The van der Waals surface area contributed by atoms with E-state index in [1.165, 1.54) is 6.07 Å². The third kappa shape index (κ3) is 2.35. The summed E-state index contributed by atoms with van der Waals surface area (Å²) < 4.78 is 11.9. The number of hydrogen-bond donors (Lipinski definition) is 3. The quantitative estimate of drug-likeness (QED) is 0.623. The van der Waals surface area contributed by atoms with E-state index in [-0.39, 0.29) is 12.1 Å². The Kier molecular flexibility index (Phi) is 3.28. The monoisotopic (exact) mass is 197 g/mol. The first-order chi connectivity index (χ1) is 6.65. The van der Waals surface area contributed by atoms with Crippen molar-refractivity contribution in [3.63, 3.8) is 0 Å². The zero-order valence-corrected chi connectivity index (χ0v) is 7.59. The van der Waals surface area contributed by atoms with Gasteiger partial charge in [0, 0.05) is 17.9 Å². The van der Waals surface area contributed by atoms with E-state index in [1.807, 2.05) is 0 Å². The molecule has 0 aromatic heterocycles. The second-order valence-corrected chi connectivity index (χ2v) is 2.79. The maximum Gasteiger partial charge on any atom is 0.250 e. The highest BCUT2D eigenvalue weighted by molar-refractivity contribution is 5.99. The fourth-order valence-electron chi connectivity index (χ4n) is 1.10. The molecule has 1 amide bonds. The summed E-state index contributed by atoms with van der Waals surface area (Å²) in [5, 5.41) is 2.74. The second kappa shape index (κ2) is 4.45. The molecule has 0 saturated carbocycles. The summed E-state index contributed by atoms with van der Waals surface area (Å²) in [4.78, 5) is 11.0. The summed E-state index contributed by atoms with van der Waals surface area (Å²) in [6.45, 7) is -0.368. The zero-order chi connectivity index (χ0) is 10.6. The molecule has 0 aliphatic heterocycles. The number of anilines is 2. The molecule has 0 bridgehead atoms. The SMILES string of the molecule is NC(=O)c1cc(N)ccc1NCCF. The molecule has 1 rings (SSSR count). The fourth-order valence-corrected chi connectivity index (χ4v) is 1.10. The van der Waals surface area contributed by atoms with Crippen molar-refractivity contribution in [2.75, 3.05) is 24.3 Å². The lowest BCUT2D eigenvalue weighted by Crippen LogP contribution is -2.15. The molecule has 14 heavy (non-hydrogen) atoms. The lowest BCUT2D eigenvalue weighted by Gasteiger charge is -2.08. The van der Waals surface area contributed by atoms with Crippen LogP contribution in [0, 0.1) is 0 Å². The third-order valence-electron chi connectivity index (χ3n) is 1.72. The minimum atomic E-state index is -0.585. The molecule has 0 spiro atoms. The molecule has 5 heteroatoms. The van der Waals surface area contributed by atoms with Crippen LogP contribution in [0.1, 0.15) is 10.4 Å². The molecular weight excluding hydrogens is 185 g/mol. The van der Waals surface area contributed by atoms with Gasteiger partial charge in [0.15, 0.2) is 0 Å². The Morgan fingerprint density at radius 2 is 2.21 bits per heavy atom. The van der Waals surface area contributed by atoms with E-state index in [0.717, 1.165) is 0 Å². The van der Waals surface area contributed by atoms with Gasteiger partial charge in [-0.3, -0.25) is 4.79 Å². The van der Waals surface area contributed by atoms with Crippen molar-refractivity contribution < 1.29 is 9.18 Å². The number of rotatable bonds is 4. The lowest BCUT2D eigenvalue weighted by molar-refractivity contribution is 0.100. The van der Waals surface area contributed by atoms with E-state index in [1.54, 1.807) is 12.1 Å². The summed E-state index contributed by atoms with van der Waals surface area (Å²) in [5.74, 6) is -0.585. The van der Waals surface area contributed by atoms with Crippen LogP contribution in [0.2, 0.25) is 0 Å². The number of carbonyl (C=O) groups excluding carboxylic acids is 1. The predicted molar refractivity (Wildman–Crippen MR) is 53.8 cm³/mol. The molecule has 0 unspecified atom stereocenters. The number of nitrogens with two attached hydrogens (primary N) is 2. The van der Waals surface area contributed by atoms with E-state index < -0.39 is 12.6 Å². The first-order valence-electron chi connectivity index (χ1n) is 4.14. The van der Waals surface area contributed by atoms with Crippen LogP contribution in [-0.2, 0) is 0 Å². The molecule has 5 N–H and O–H groups in total. The highest BCUT2D eigenvalue weighted by atomic mass is 19.1. The summed E-state index contributed by atoms with van der Waals surface area (Å²) in [6, 6.07) is 4.68. The number of nitrogens with one attached hydrogen (secondary N) is 1. The molecule has 0 fully saturated rings. The van der Waals surface area contributed by atoms with Crippen LogP contribution >= 0.6 is 0 Å². The predicted octanol–water partition coefficient (Wildman–Crippen LogP) is 0.749. The smallest absolute Gasteiger partial charge is 0.250 e. The van der Waals surface area contributed by atoms with E-state index in [9.17, 15) is 9.18 Å². The van der Waals surface area contributed by atoms with Crippen LogP contribution in [0.15, 0.2) is 18.2 Å². The first-order valence-corrected chi connectivity index (χ1v) is 4.14. The van der Waals surface area contributed by atoms with Crippen LogP contribution in [0.4, 0.5) is 15.8 Å². The Morgan fingerprint density at radius 3 is 2.79 bits per heavy atom. The van der Waals surface area contributed by atoms with Gasteiger partial charge in [-0.1, -0.05) is 0 Å². The normalized spacial score (nSPS) is 9.79. The van der Waals surface area contributed by atoms with Crippen LogP contribution < -0.4 is 16.8 Å². The van der Waals surface area contributed by atoms with Crippen LogP contribution in [0.5, 0.6) is 0 Å². The van der Waals surface area contributed by atoms with Crippen molar-refractivity contribution in [1.29, 1.82) is 0 Å². The Labute approximate surface area is 81.1 Å². The van der Waals surface area contributed by atoms with Crippen molar-refractivity contribution in [2.24, 2.45) is 5.73 Å². The van der Waals surface area contributed by atoms with E-state index >= 15 is 0 Å². The number of benzene rings is 1. The van der Waals surface area contributed by atoms with E-state index in [0.29, 0.717) is 11.4 Å². The highest BCUT2D eigenvalue weighted by Gasteiger charge is 2.07. The molecule has 0 radical (unpaired) electrons. The van der Waals surface area contributed by atoms with Gasteiger partial charge in [0.2, 0.25) is 0 Å². The molecule has 0 aliphatic rings. The van der Waals surface area contributed by atoms with Crippen LogP contribution in [0.3, 0.4) is 0 Å². The van der Waals surface area contributed by atoms with Crippen molar-refractivity contribution in [3.05, 3.63) is 23.8 Å². The lowest BCUT2D eigenvalue weighted by atomic mass is 10.1. The van der Waals surface area contributed by atoms with Gasteiger partial charge < -0.3 is 16.8 Å². The van der Waals surface area contributed by atoms with Crippen molar-refractivity contribution in [2.45, 2.75) is 0 Å². The molecule has 0 aliphatic carbocycles. The molecule has 0 atom stereocenters. The van der Waals surface area contributed by atoms with Gasteiger partial charge in [-0.15, -0.1) is 0 Å². The average molecular weight is 197 g/mol. The minimum absolute atomic E-state index is 0.143. The Hall–Kier alpha value is -1.78. The van der Waals surface area contributed by atoms with Gasteiger partial charge in [0.1, 0.15) is 6.67 Å². The number of carbonyl (C=O) groups is 1. The van der Waals surface area contributed by atoms with E-state index in [4.69, 9.17) is 11.5 Å². The van der Waals surface area contributed by atoms with Gasteiger partial charge >= 0.3 is 0 Å². The maximum atomic E-state index is 11.9. The van der Waals surface area contributed by atoms with Crippen molar-refractivity contribution in [1.82, 2.24) is 0 Å². The highest BCUT2D eigenvalue weighted by Crippen LogP contribution is 2.17. The fraction of sp³-hybridized carbons (Fsp3) is 0.222. The summed E-state index contributed by atoms with van der Waals surface area (Å²) >= 11 is 0. The molecular formula is C9H12FN3O. The zero-order valence-electron chi connectivity index (χ0n) is 7.59. The molecule has 4 nitrogen and oxygen atoms in total. The molecule has 1 aromatic carbocycles. The van der Waals surface area contributed by atoms with Crippen molar-refractivity contribution in [3.8, 4) is 0 Å². The van der Waals surface area contributed by atoms with Crippen LogP contribution in [0.25, 0.3) is 0 Å². The summed E-state index contributed by atoms with van der Waals surface area (Å²) in [7, 11) is 0. The number of alkyl halides is 1. The number of amides is 1. The second-order valence-electron chi connectivity index (χ2n) is 2.79. The standard InChI is InChI=1S/C9H12FN3O/c10-3-4-13-8-2-1-6(11)5-7(8)9(12)14/h1-2,5,13H,3-4,11H2,(H2,12,14). The number of halogens is 1. The van der Waals surface area contributed by atoms with Crippen LogP contribution in [-0.4, -0.2) is 19.1 Å².